The van der Waals surface area contributed by atoms with E-state index in [4.69, 9.17) is 0 Å². The fraction of sp³-hybridized carbons (Fsp3) is 0.235. The molecule has 5 nitrogen and oxygen atoms in total. The molecule has 0 spiro atoms. The Labute approximate surface area is 155 Å². The number of carbonyl (C=O) groups is 1. The first kappa shape index (κ1) is 19.6. The van der Waals surface area contributed by atoms with Crippen molar-refractivity contribution in [3.8, 4) is 0 Å². The van der Waals surface area contributed by atoms with Crippen LogP contribution in [0.3, 0.4) is 0 Å². The number of benzene rings is 2. The summed E-state index contributed by atoms with van der Waals surface area (Å²) < 4.78 is 41.0. The van der Waals surface area contributed by atoms with Crippen LogP contribution in [0, 0.1) is 5.82 Å². The van der Waals surface area contributed by atoms with E-state index >= 15 is 0 Å². The zero-order chi connectivity index (χ0) is 18.4. The summed E-state index contributed by atoms with van der Waals surface area (Å²) in [4.78, 5) is 13.6. The van der Waals surface area contributed by atoms with Crippen LogP contribution in [0.2, 0.25) is 0 Å². The highest BCUT2D eigenvalue weighted by Crippen LogP contribution is 2.14. The molecule has 1 N–H and O–H groups in total. The Bertz CT molecular complexity index is 841. The van der Waals surface area contributed by atoms with Crippen molar-refractivity contribution in [1.82, 2.24) is 9.62 Å². The van der Waals surface area contributed by atoms with Gasteiger partial charge >= 0.3 is 0 Å². The zero-order valence-corrected chi connectivity index (χ0v) is 16.0. The van der Waals surface area contributed by atoms with Crippen LogP contribution in [0.25, 0.3) is 0 Å². The molecule has 25 heavy (non-hydrogen) atoms. The number of amides is 1. The topological polar surface area (TPSA) is 66.5 Å². The van der Waals surface area contributed by atoms with Crippen molar-refractivity contribution in [2.75, 3.05) is 13.6 Å². The Balaban J connectivity index is 1.87. The molecule has 0 heterocycles. The van der Waals surface area contributed by atoms with Gasteiger partial charge in [-0.15, -0.1) is 0 Å². The lowest BCUT2D eigenvalue weighted by atomic mass is 10.2. The second-order valence-corrected chi connectivity index (χ2v) is 8.13. The molecule has 0 unspecified atom stereocenters. The van der Waals surface area contributed by atoms with Crippen molar-refractivity contribution in [3.05, 3.63) is 64.4 Å². The van der Waals surface area contributed by atoms with Crippen LogP contribution in [0.5, 0.6) is 0 Å². The minimum absolute atomic E-state index is 0.0132. The second kappa shape index (κ2) is 8.55. The first-order valence-corrected chi connectivity index (χ1v) is 9.80. The van der Waals surface area contributed by atoms with E-state index in [-0.39, 0.29) is 36.1 Å². The van der Waals surface area contributed by atoms with E-state index < -0.39 is 10.0 Å². The SMILES string of the molecule is CN(Cc1ccccc1F)C(=O)CCNS(=O)(=O)c1ccc(Br)cc1. The van der Waals surface area contributed by atoms with Crippen LogP contribution in [-0.4, -0.2) is 32.8 Å². The van der Waals surface area contributed by atoms with Crippen LogP contribution < -0.4 is 4.72 Å². The Morgan fingerprint density at radius 1 is 1.16 bits per heavy atom. The predicted octanol–water partition coefficient (Wildman–Crippen LogP) is 2.92. The number of hydrogen-bond acceptors (Lipinski definition) is 3. The Morgan fingerprint density at radius 2 is 1.80 bits per heavy atom. The molecule has 0 radical (unpaired) electrons. The van der Waals surface area contributed by atoms with Gasteiger partial charge in [0.2, 0.25) is 15.9 Å². The third kappa shape index (κ3) is 5.62. The maximum Gasteiger partial charge on any atom is 0.240 e. The predicted molar refractivity (Wildman–Crippen MR) is 96.8 cm³/mol. The minimum atomic E-state index is -3.67. The highest BCUT2D eigenvalue weighted by Gasteiger charge is 2.16. The molecule has 0 aliphatic carbocycles. The number of nitrogens with zero attached hydrogens (tertiary/aromatic N) is 1. The number of carbonyl (C=O) groups excluding carboxylic acids is 1. The summed E-state index contributed by atoms with van der Waals surface area (Å²) in [7, 11) is -2.11. The van der Waals surface area contributed by atoms with E-state index in [1.807, 2.05) is 0 Å². The van der Waals surface area contributed by atoms with E-state index in [1.165, 1.54) is 23.1 Å². The van der Waals surface area contributed by atoms with E-state index in [0.717, 1.165) is 4.47 Å². The normalized spacial score (nSPS) is 11.3. The quantitative estimate of drug-likeness (QED) is 0.736. The van der Waals surface area contributed by atoms with Crippen molar-refractivity contribution < 1.29 is 17.6 Å². The molecule has 0 bridgehead atoms. The van der Waals surface area contributed by atoms with Gasteiger partial charge in [-0.2, -0.15) is 0 Å². The van der Waals surface area contributed by atoms with Crippen LogP contribution in [0.4, 0.5) is 4.39 Å². The first-order chi connectivity index (χ1) is 11.8. The number of rotatable bonds is 7. The molecule has 8 heteroatoms. The fourth-order valence-electron chi connectivity index (χ4n) is 2.15. The third-order valence-electron chi connectivity index (χ3n) is 3.55. The number of sulfonamides is 1. The summed E-state index contributed by atoms with van der Waals surface area (Å²) in [5.74, 6) is -0.653. The van der Waals surface area contributed by atoms with Crippen molar-refractivity contribution in [2.45, 2.75) is 17.9 Å². The Kier molecular flexibility index (Phi) is 6.69. The molecule has 0 aliphatic rings. The number of halogens is 2. The summed E-state index contributed by atoms with van der Waals surface area (Å²) >= 11 is 3.24. The molecule has 0 aliphatic heterocycles. The summed E-state index contributed by atoms with van der Waals surface area (Å²) in [6.45, 7) is 0.101. The number of nitrogens with one attached hydrogen (secondary N) is 1. The van der Waals surface area contributed by atoms with Crippen molar-refractivity contribution in [3.63, 3.8) is 0 Å². The molecule has 0 aromatic heterocycles. The van der Waals surface area contributed by atoms with Crippen LogP contribution in [0.15, 0.2) is 57.9 Å². The molecule has 0 saturated heterocycles. The largest absolute Gasteiger partial charge is 0.341 e. The summed E-state index contributed by atoms with van der Waals surface area (Å²) in [5.41, 5.74) is 0.411. The number of hydrogen-bond donors (Lipinski definition) is 1. The maximum atomic E-state index is 13.6. The van der Waals surface area contributed by atoms with Gasteiger partial charge in [0.15, 0.2) is 0 Å². The first-order valence-electron chi connectivity index (χ1n) is 7.52. The third-order valence-corrected chi connectivity index (χ3v) is 5.55. The smallest absolute Gasteiger partial charge is 0.240 e. The molecular weight excluding hydrogens is 411 g/mol. The van der Waals surface area contributed by atoms with Gasteiger partial charge < -0.3 is 4.90 Å². The average molecular weight is 429 g/mol. The van der Waals surface area contributed by atoms with Gasteiger partial charge in [0.25, 0.3) is 0 Å². The average Bonchev–Trinajstić information content (AvgIpc) is 2.57. The molecule has 134 valence electrons. The summed E-state index contributed by atoms with van der Waals surface area (Å²) in [6.07, 6.45) is -0.0132. The van der Waals surface area contributed by atoms with Crippen LogP contribution >= 0.6 is 15.9 Å². The molecule has 0 fully saturated rings. The van der Waals surface area contributed by atoms with Crippen LogP contribution in [0.1, 0.15) is 12.0 Å². The molecule has 2 aromatic carbocycles. The monoisotopic (exact) mass is 428 g/mol. The lowest BCUT2D eigenvalue weighted by Gasteiger charge is -2.18. The lowest BCUT2D eigenvalue weighted by Crippen LogP contribution is -2.32. The highest BCUT2D eigenvalue weighted by atomic mass is 79.9. The molecule has 0 saturated carbocycles. The molecule has 2 aromatic rings. The maximum absolute atomic E-state index is 13.6. The standard InChI is InChI=1S/C17H18BrFN2O3S/c1-21(12-13-4-2-3-5-16(13)19)17(22)10-11-20-25(23,24)15-8-6-14(18)7-9-15/h2-9,20H,10-12H2,1H3. The van der Waals surface area contributed by atoms with Gasteiger partial charge in [0, 0.05) is 36.6 Å². The van der Waals surface area contributed by atoms with Gasteiger partial charge in [0.05, 0.1) is 4.90 Å². The molecule has 0 atom stereocenters. The van der Waals surface area contributed by atoms with E-state index in [0.29, 0.717) is 5.56 Å². The van der Waals surface area contributed by atoms with E-state index in [2.05, 4.69) is 20.7 Å². The molecular formula is C17H18BrFN2O3S. The Morgan fingerprint density at radius 3 is 2.44 bits per heavy atom. The zero-order valence-electron chi connectivity index (χ0n) is 13.6. The second-order valence-electron chi connectivity index (χ2n) is 5.44. The lowest BCUT2D eigenvalue weighted by molar-refractivity contribution is -0.130. The van der Waals surface area contributed by atoms with Crippen molar-refractivity contribution in [1.29, 1.82) is 0 Å². The minimum Gasteiger partial charge on any atom is -0.341 e. The summed E-state index contributed by atoms with van der Waals surface area (Å²) in [5, 5.41) is 0. The van der Waals surface area contributed by atoms with Crippen molar-refractivity contribution >= 4 is 31.9 Å². The Hall–Kier alpha value is -1.77. The van der Waals surface area contributed by atoms with E-state index in [9.17, 15) is 17.6 Å². The van der Waals surface area contributed by atoms with Gasteiger partial charge in [-0.1, -0.05) is 34.1 Å². The van der Waals surface area contributed by atoms with Gasteiger partial charge in [-0.3, -0.25) is 4.79 Å². The van der Waals surface area contributed by atoms with Gasteiger partial charge in [0.1, 0.15) is 5.82 Å². The summed E-state index contributed by atoms with van der Waals surface area (Å²) in [6, 6.07) is 12.4. The fourth-order valence-corrected chi connectivity index (χ4v) is 3.45. The van der Waals surface area contributed by atoms with Gasteiger partial charge in [-0.25, -0.2) is 17.5 Å². The van der Waals surface area contributed by atoms with E-state index in [1.54, 1.807) is 37.4 Å². The molecule has 1 amide bonds. The highest BCUT2D eigenvalue weighted by molar-refractivity contribution is 9.10. The van der Waals surface area contributed by atoms with Gasteiger partial charge in [-0.05, 0) is 30.3 Å². The van der Waals surface area contributed by atoms with Crippen molar-refractivity contribution in [2.24, 2.45) is 0 Å². The molecule has 2 rings (SSSR count). The van der Waals surface area contributed by atoms with Crippen LogP contribution in [-0.2, 0) is 21.4 Å².